The van der Waals surface area contributed by atoms with Gasteiger partial charge in [-0.2, -0.15) is 13.2 Å². The lowest BCUT2D eigenvalue weighted by Crippen LogP contribution is -2.41. The number of rotatable bonds is 9. The van der Waals surface area contributed by atoms with Crippen LogP contribution in [0.4, 0.5) is 22.0 Å². The van der Waals surface area contributed by atoms with Crippen molar-refractivity contribution in [1.82, 2.24) is 5.32 Å². The van der Waals surface area contributed by atoms with Gasteiger partial charge in [0.2, 0.25) is 0 Å². The van der Waals surface area contributed by atoms with E-state index in [0.717, 1.165) is 24.3 Å². The summed E-state index contributed by atoms with van der Waals surface area (Å²) in [5.74, 6) is -1.62. The summed E-state index contributed by atoms with van der Waals surface area (Å²) >= 11 is 0. The Morgan fingerprint density at radius 1 is 1.07 bits per heavy atom. The van der Waals surface area contributed by atoms with Crippen LogP contribution in [0.15, 0.2) is 42.5 Å². The number of ether oxygens (including phenoxy) is 1. The molecule has 28 heavy (non-hydrogen) atoms. The Hall–Kier alpha value is -2.23. The number of halogens is 5. The number of benzene rings is 2. The standard InChI is InChI=1S/C19H21F5N2O2/c20-14-7-15(21)9-16(8-14)28-11-17(25)18(27)4-5-26-10-12-2-1-3-13(6-12)19(22,23)24/h1-3,6-9,17-18,26-27H,4-5,10-11,25H2/t17-,18?/m0/s1. The number of hydrogen-bond donors (Lipinski definition) is 3. The van der Waals surface area contributed by atoms with Crippen LogP contribution >= 0.6 is 0 Å². The molecule has 0 bridgehead atoms. The number of hydrogen-bond acceptors (Lipinski definition) is 4. The van der Waals surface area contributed by atoms with E-state index in [1.807, 2.05) is 0 Å². The zero-order valence-corrected chi connectivity index (χ0v) is 14.8. The minimum absolute atomic E-state index is 0.0391. The first kappa shape index (κ1) is 22.1. The Balaban J connectivity index is 1.72. The van der Waals surface area contributed by atoms with Gasteiger partial charge in [-0.1, -0.05) is 18.2 Å². The third-order valence-corrected chi connectivity index (χ3v) is 3.97. The van der Waals surface area contributed by atoms with Gasteiger partial charge in [0.05, 0.1) is 17.7 Å². The van der Waals surface area contributed by atoms with Crippen molar-refractivity contribution in [3.05, 3.63) is 65.2 Å². The van der Waals surface area contributed by atoms with E-state index in [1.54, 1.807) is 6.07 Å². The maximum absolute atomic E-state index is 13.1. The van der Waals surface area contributed by atoms with E-state index in [1.165, 1.54) is 6.07 Å². The fraction of sp³-hybridized carbons (Fsp3) is 0.368. The van der Waals surface area contributed by atoms with Gasteiger partial charge in [0.1, 0.15) is 24.0 Å². The predicted molar refractivity (Wildman–Crippen MR) is 93.6 cm³/mol. The van der Waals surface area contributed by atoms with Gasteiger partial charge in [-0.25, -0.2) is 8.78 Å². The smallest absolute Gasteiger partial charge is 0.416 e. The van der Waals surface area contributed by atoms with Gasteiger partial charge in [0, 0.05) is 24.7 Å². The van der Waals surface area contributed by atoms with Crippen molar-refractivity contribution >= 4 is 0 Å². The largest absolute Gasteiger partial charge is 0.492 e. The predicted octanol–water partition coefficient (Wildman–Crippen LogP) is 3.23. The fourth-order valence-corrected chi connectivity index (χ4v) is 2.47. The second-order valence-electron chi connectivity index (χ2n) is 6.31. The summed E-state index contributed by atoms with van der Waals surface area (Å²) in [7, 11) is 0. The average molecular weight is 404 g/mol. The van der Waals surface area contributed by atoms with Crippen LogP contribution in [0.25, 0.3) is 0 Å². The molecule has 0 aliphatic rings. The molecule has 0 saturated heterocycles. The highest BCUT2D eigenvalue weighted by atomic mass is 19.4. The quantitative estimate of drug-likeness (QED) is 0.444. The summed E-state index contributed by atoms with van der Waals surface area (Å²) in [5, 5.41) is 12.9. The average Bonchev–Trinajstić information content (AvgIpc) is 2.62. The molecule has 9 heteroatoms. The molecule has 2 aromatic carbocycles. The van der Waals surface area contributed by atoms with E-state index in [9.17, 15) is 27.1 Å². The summed E-state index contributed by atoms with van der Waals surface area (Å²) in [6.45, 7) is 0.350. The molecule has 0 radical (unpaired) electrons. The molecule has 4 N–H and O–H groups in total. The molecular weight excluding hydrogens is 383 g/mol. The number of aliphatic hydroxyl groups is 1. The highest BCUT2D eigenvalue weighted by molar-refractivity contribution is 5.25. The second kappa shape index (κ2) is 9.81. The molecular formula is C19H21F5N2O2. The highest BCUT2D eigenvalue weighted by Gasteiger charge is 2.30. The minimum atomic E-state index is -4.40. The van der Waals surface area contributed by atoms with Crippen molar-refractivity contribution in [2.24, 2.45) is 5.73 Å². The van der Waals surface area contributed by atoms with E-state index < -0.39 is 35.5 Å². The number of aliphatic hydroxyl groups excluding tert-OH is 1. The van der Waals surface area contributed by atoms with Gasteiger partial charge in [-0.3, -0.25) is 0 Å². The van der Waals surface area contributed by atoms with Crippen molar-refractivity contribution in [1.29, 1.82) is 0 Å². The number of alkyl halides is 3. The van der Waals surface area contributed by atoms with Gasteiger partial charge < -0.3 is 20.9 Å². The molecule has 0 aliphatic heterocycles. The minimum Gasteiger partial charge on any atom is -0.492 e. The molecule has 1 unspecified atom stereocenters. The molecule has 0 fully saturated rings. The summed E-state index contributed by atoms with van der Waals surface area (Å²) in [4.78, 5) is 0. The van der Waals surface area contributed by atoms with Crippen LogP contribution in [-0.4, -0.2) is 30.4 Å². The Morgan fingerprint density at radius 3 is 2.39 bits per heavy atom. The Kier molecular flexibility index (Phi) is 7.73. The molecule has 2 aromatic rings. The molecule has 154 valence electrons. The molecule has 0 heterocycles. The Morgan fingerprint density at radius 2 is 1.75 bits per heavy atom. The van der Waals surface area contributed by atoms with Crippen LogP contribution in [0.3, 0.4) is 0 Å². The monoisotopic (exact) mass is 404 g/mol. The van der Waals surface area contributed by atoms with E-state index in [0.29, 0.717) is 18.2 Å². The van der Waals surface area contributed by atoms with Crippen molar-refractivity contribution in [3.8, 4) is 5.75 Å². The van der Waals surface area contributed by atoms with Gasteiger partial charge in [-0.05, 0) is 24.6 Å². The summed E-state index contributed by atoms with van der Waals surface area (Å²) < 4.78 is 69.3. The molecule has 0 aromatic heterocycles. The maximum atomic E-state index is 13.1. The van der Waals surface area contributed by atoms with Crippen LogP contribution in [0.1, 0.15) is 17.5 Å². The van der Waals surface area contributed by atoms with Gasteiger partial charge >= 0.3 is 6.18 Å². The Bertz CT molecular complexity index is 750. The van der Waals surface area contributed by atoms with E-state index >= 15 is 0 Å². The van der Waals surface area contributed by atoms with Gasteiger partial charge in [0.15, 0.2) is 0 Å². The van der Waals surface area contributed by atoms with Crippen LogP contribution in [0, 0.1) is 11.6 Å². The zero-order chi connectivity index (χ0) is 20.7. The topological polar surface area (TPSA) is 67.5 Å². The molecule has 0 spiro atoms. The molecule has 0 saturated carbocycles. The first-order chi connectivity index (χ1) is 13.1. The summed E-state index contributed by atoms with van der Waals surface area (Å²) in [6.07, 6.45) is -5.14. The molecule has 2 rings (SSSR count). The first-order valence-electron chi connectivity index (χ1n) is 8.54. The number of nitrogens with two attached hydrogens (primary N) is 1. The zero-order valence-electron chi connectivity index (χ0n) is 14.8. The van der Waals surface area contributed by atoms with Crippen LogP contribution in [0.2, 0.25) is 0 Å². The van der Waals surface area contributed by atoms with E-state index in [2.05, 4.69) is 5.32 Å². The third-order valence-electron chi connectivity index (χ3n) is 3.97. The second-order valence-corrected chi connectivity index (χ2v) is 6.31. The van der Waals surface area contributed by atoms with Crippen LogP contribution < -0.4 is 15.8 Å². The fourth-order valence-electron chi connectivity index (χ4n) is 2.47. The van der Waals surface area contributed by atoms with Crippen LogP contribution in [-0.2, 0) is 12.7 Å². The Labute approximate surface area is 159 Å². The van der Waals surface area contributed by atoms with E-state index in [4.69, 9.17) is 10.5 Å². The van der Waals surface area contributed by atoms with Crippen molar-refractivity contribution < 1.29 is 31.8 Å². The van der Waals surface area contributed by atoms with Gasteiger partial charge in [-0.15, -0.1) is 0 Å². The molecule has 4 nitrogen and oxygen atoms in total. The van der Waals surface area contributed by atoms with Crippen molar-refractivity contribution in [2.75, 3.05) is 13.2 Å². The van der Waals surface area contributed by atoms with Gasteiger partial charge in [0.25, 0.3) is 0 Å². The molecule has 2 atom stereocenters. The first-order valence-corrected chi connectivity index (χ1v) is 8.54. The molecule has 0 aliphatic carbocycles. The SMILES string of the molecule is N[C@@H](COc1cc(F)cc(F)c1)C(O)CCNCc1cccc(C(F)(F)F)c1. The lowest BCUT2D eigenvalue weighted by molar-refractivity contribution is -0.137. The normalized spacial score (nSPS) is 14.0. The number of nitrogens with one attached hydrogen (secondary N) is 1. The van der Waals surface area contributed by atoms with E-state index in [-0.39, 0.29) is 25.3 Å². The lowest BCUT2D eigenvalue weighted by Gasteiger charge is -2.19. The lowest BCUT2D eigenvalue weighted by atomic mass is 10.1. The molecule has 0 amide bonds. The van der Waals surface area contributed by atoms with Crippen molar-refractivity contribution in [3.63, 3.8) is 0 Å². The van der Waals surface area contributed by atoms with Crippen molar-refractivity contribution in [2.45, 2.75) is 31.3 Å². The third kappa shape index (κ3) is 7.06. The summed E-state index contributed by atoms with van der Waals surface area (Å²) in [6, 6.07) is 6.85. The highest BCUT2D eigenvalue weighted by Crippen LogP contribution is 2.29. The summed E-state index contributed by atoms with van der Waals surface area (Å²) in [5.41, 5.74) is 5.53. The maximum Gasteiger partial charge on any atom is 0.416 e. The van der Waals surface area contributed by atoms with Crippen LogP contribution in [0.5, 0.6) is 5.75 Å².